The van der Waals surface area contributed by atoms with Gasteiger partial charge in [-0.2, -0.15) is 0 Å². The molecule has 0 N–H and O–H groups in total. The van der Waals surface area contributed by atoms with Crippen molar-refractivity contribution in [2.45, 2.75) is 33.1 Å². The normalized spacial score (nSPS) is 10.5. The van der Waals surface area contributed by atoms with Gasteiger partial charge in [0.1, 0.15) is 5.75 Å². The van der Waals surface area contributed by atoms with E-state index >= 15 is 0 Å². The first-order chi connectivity index (χ1) is 7.10. The Labute approximate surface area is 91.3 Å². The van der Waals surface area contributed by atoms with Crippen molar-refractivity contribution in [3.63, 3.8) is 0 Å². The van der Waals surface area contributed by atoms with Gasteiger partial charge in [-0.3, -0.25) is 4.79 Å². The van der Waals surface area contributed by atoms with Crippen LogP contribution in [0.25, 0.3) is 0 Å². The highest BCUT2D eigenvalue weighted by Gasteiger charge is 2.12. The molecule has 0 radical (unpaired) electrons. The van der Waals surface area contributed by atoms with Gasteiger partial charge < -0.3 is 4.74 Å². The molecule has 0 aromatic heterocycles. The second kappa shape index (κ2) is 4.96. The predicted octanol–water partition coefficient (Wildman–Crippen LogP) is 3.41. The highest BCUT2D eigenvalue weighted by molar-refractivity contribution is 5.98. The smallest absolute Gasteiger partial charge is 0.166 e. The number of methoxy groups -OCH3 is 1. The summed E-state index contributed by atoms with van der Waals surface area (Å²) in [6, 6.07) is 5.82. The summed E-state index contributed by atoms with van der Waals surface area (Å²) in [5, 5.41) is 0. The third-order valence-corrected chi connectivity index (χ3v) is 2.51. The molecule has 1 aromatic carbocycles. The topological polar surface area (TPSA) is 26.3 Å². The highest BCUT2D eigenvalue weighted by atomic mass is 16.5. The summed E-state index contributed by atoms with van der Waals surface area (Å²) in [6.07, 6.45) is 0.512. The third kappa shape index (κ3) is 2.58. The molecule has 2 nitrogen and oxygen atoms in total. The van der Waals surface area contributed by atoms with E-state index in [0.29, 0.717) is 23.7 Å². The van der Waals surface area contributed by atoms with Crippen molar-refractivity contribution in [3.8, 4) is 5.75 Å². The number of hydrogen-bond donors (Lipinski definition) is 0. The van der Waals surface area contributed by atoms with Gasteiger partial charge in [-0.1, -0.05) is 26.8 Å². The molecule has 0 aliphatic carbocycles. The fraction of sp³-hybridized carbons (Fsp3) is 0.462. The molecule has 2 heteroatoms. The molecule has 0 saturated heterocycles. The molecule has 0 aliphatic heterocycles. The van der Waals surface area contributed by atoms with Crippen molar-refractivity contribution in [1.29, 1.82) is 0 Å². The molecule has 15 heavy (non-hydrogen) atoms. The second-order valence-corrected chi connectivity index (χ2v) is 3.89. The number of carbonyl (C=O) groups is 1. The first kappa shape index (κ1) is 11.8. The summed E-state index contributed by atoms with van der Waals surface area (Å²) in [4.78, 5) is 11.7. The van der Waals surface area contributed by atoms with Gasteiger partial charge in [0.2, 0.25) is 0 Å². The minimum absolute atomic E-state index is 0.134. The van der Waals surface area contributed by atoms with Crippen LogP contribution in [0.1, 0.15) is 49.0 Å². The van der Waals surface area contributed by atoms with Gasteiger partial charge in [-0.25, -0.2) is 0 Å². The van der Waals surface area contributed by atoms with Crippen LogP contribution < -0.4 is 4.74 Å². The molecule has 0 bridgehead atoms. The Hall–Kier alpha value is -1.31. The molecule has 82 valence electrons. The van der Waals surface area contributed by atoms with E-state index < -0.39 is 0 Å². The minimum atomic E-state index is 0.134. The van der Waals surface area contributed by atoms with Crippen molar-refractivity contribution in [2.75, 3.05) is 7.11 Å². The van der Waals surface area contributed by atoms with E-state index in [4.69, 9.17) is 4.74 Å². The summed E-state index contributed by atoms with van der Waals surface area (Å²) in [6.45, 7) is 6.09. The van der Waals surface area contributed by atoms with Crippen molar-refractivity contribution in [1.82, 2.24) is 0 Å². The lowest BCUT2D eigenvalue weighted by atomic mass is 9.98. The van der Waals surface area contributed by atoms with E-state index in [2.05, 4.69) is 13.8 Å². The van der Waals surface area contributed by atoms with E-state index in [1.165, 1.54) is 5.56 Å². The molecule has 1 aromatic rings. The standard InChI is InChI=1S/C13H18O2/c1-5-12(14)11-8-10(9(2)3)6-7-13(11)15-4/h6-9H,5H2,1-4H3. The van der Waals surface area contributed by atoms with E-state index in [0.717, 1.165) is 0 Å². The zero-order valence-corrected chi connectivity index (χ0v) is 9.83. The van der Waals surface area contributed by atoms with Gasteiger partial charge in [0.25, 0.3) is 0 Å². The van der Waals surface area contributed by atoms with Crippen molar-refractivity contribution < 1.29 is 9.53 Å². The van der Waals surface area contributed by atoms with E-state index in [1.807, 2.05) is 25.1 Å². The summed E-state index contributed by atoms with van der Waals surface area (Å²) in [5.74, 6) is 1.24. The lowest BCUT2D eigenvalue weighted by Gasteiger charge is -2.11. The van der Waals surface area contributed by atoms with Crippen molar-refractivity contribution in [2.24, 2.45) is 0 Å². The van der Waals surface area contributed by atoms with E-state index in [1.54, 1.807) is 7.11 Å². The van der Waals surface area contributed by atoms with Gasteiger partial charge in [-0.15, -0.1) is 0 Å². The van der Waals surface area contributed by atoms with Crippen molar-refractivity contribution >= 4 is 5.78 Å². The van der Waals surface area contributed by atoms with Crippen LogP contribution in [0.5, 0.6) is 5.75 Å². The van der Waals surface area contributed by atoms with Crippen LogP contribution in [0, 0.1) is 0 Å². The van der Waals surface area contributed by atoms with Gasteiger partial charge in [-0.05, 0) is 23.6 Å². The monoisotopic (exact) mass is 206 g/mol. The Morgan fingerprint density at radius 2 is 2.07 bits per heavy atom. The molecule has 0 aliphatic rings. The molecular formula is C13H18O2. The average Bonchev–Trinajstić information content (AvgIpc) is 2.27. The number of carbonyl (C=O) groups excluding carboxylic acids is 1. The summed E-state index contributed by atoms with van der Waals surface area (Å²) >= 11 is 0. The second-order valence-electron chi connectivity index (χ2n) is 3.89. The van der Waals surface area contributed by atoms with E-state index in [9.17, 15) is 4.79 Å². The number of Topliss-reactive ketones (excluding diaryl/α,β-unsaturated/α-hetero) is 1. The van der Waals surface area contributed by atoms with Gasteiger partial charge in [0, 0.05) is 6.42 Å². The maximum atomic E-state index is 11.7. The van der Waals surface area contributed by atoms with Crippen LogP contribution in [-0.4, -0.2) is 12.9 Å². The molecule has 0 fully saturated rings. The molecule has 0 atom stereocenters. The average molecular weight is 206 g/mol. The Morgan fingerprint density at radius 1 is 1.40 bits per heavy atom. The Balaban J connectivity index is 3.19. The Bertz CT molecular complexity index is 354. The first-order valence-electron chi connectivity index (χ1n) is 5.31. The Kier molecular flexibility index (Phi) is 3.89. The van der Waals surface area contributed by atoms with Crippen LogP contribution >= 0.6 is 0 Å². The van der Waals surface area contributed by atoms with Gasteiger partial charge in [0.05, 0.1) is 12.7 Å². The third-order valence-electron chi connectivity index (χ3n) is 2.51. The van der Waals surface area contributed by atoms with Gasteiger partial charge in [0.15, 0.2) is 5.78 Å². The largest absolute Gasteiger partial charge is 0.496 e. The molecule has 0 saturated carbocycles. The maximum absolute atomic E-state index is 11.7. The SMILES string of the molecule is CCC(=O)c1cc(C(C)C)ccc1OC. The summed E-state index contributed by atoms with van der Waals surface area (Å²) in [5.41, 5.74) is 1.87. The number of hydrogen-bond acceptors (Lipinski definition) is 2. The van der Waals surface area contributed by atoms with Crippen LogP contribution in [0.2, 0.25) is 0 Å². The molecular weight excluding hydrogens is 188 g/mol. The Morgan fingerprint density at radius 3 is 2.53 bits per heavy atom. The zero-order chi connectivity index (χ0) is 11.4. The van der Waals surface area contributed by atoms with Crippen LogP contribution in [-0.2, 0) is 0 Å². The van der Waals surface area contributed by atoms with Crippen LogP contribution in [0.3, 0.4) is 0 Å². The lowest BCUT2D eigenvalue weighted by Crippen LogP contribution is -2.02. The van der Waals surface area contributed by atoms with E-state index in [-0.39, 0.29) is 5.78 Å². The number of ether oxygens (including phenoxy) is 1. The molecule has 0 heterocycles. The van der Waals surface area contributed by atoms with Crippen LogP contribution in [0.15, 0.2) is 18.2 Å². The zero-order valence-electron chi connectivity index (χ0n) is 9.83. The minimum Gasteiger partial charge on any atom is -0.496 e. The number of ketones is 1. The fourth-order valence-electron chi connectivity index (χ4n) is 1.49. The number of rotatable bonds is 4. The van der Waals surface area contributed by atoms with Crippen molar-refractivity contribution in [3.05, 3.63) is 29.3 Å². The fourth-order valence-corrected chi connectivity index (χ4v) is 1.49. The quantitative estimate of drug-likeness (QED) is 0.706. The number of benzene rings is 1. The summed E-state index contributed by atoms with van der Waals surface area (Å²) < 4.78 is 5.18. The molecule has 0 unspecified atom stereocenters. The predicted molar refractivity (Wildman–Crippen MR) is 61.7 cm³/mol. The van der Waals surface area contributed by atoms with Gasteiger partial charge >= 0.3 is 0 Å². The maximum Gasteiger partial charge on any atom is 0.166 e. The molecule has 1 rings (SSSR count). The highest BCUT2D eigenvalue weighted by Crippen LogP contribution is 2.25. The summed E-state index contributed by atoms with van der Waals surface area (Å²) in [7, 11) is 1.59. The molecule has 0 spiro atoms. The van der Waals surface area contributed by atoms with Crippen LogP contribution in [0.4, 0.5) is 0 Å². The lowest BCUT2D eigenvalue weighted by molar-refractivity contribution is 0.0985. The molecule has 0 amide bonds. The first-order valence-corrected chi connectivity index (χ1v) is 5.31.